The third-order valence-electron chi connectivity index (χ3n) is 5.15. The van der Waals surface area contributed by atoms with Crippen LogP contribution in [0, 0.1) is 0 Å². The molecular weight excluding hydrogens is 388 g/mol. The molecule has 2 aromatic heterocycles. The van der Waals surface area contributed by atoms with Gasteiger partial charge in [0.2, 0.25) is 5.95 Å². The summed E-state index contributed by atoms with van der Waals surface area (Å²) in [7, 11) is 0. The monoisotopic (exact) mass is 414 g/mol. The van der Waals surface area contributed by atoms with Crippen molar-refractivity contribution in [3.05, 3.63) is 48.4 Å². The van der Waals surface area contributed by atoms with Crippen LogP contribution in [0.2, 0.25) is 0 Å². The Balaban J connectivity index is 1.37. The number of primary amides is 1. The van der Waals surface area contributed by atoms with Gasteiger partial charge < -0.3 is 24.9 Å². The molecule has 0 atom stereocenters. The molecule has 1 aliphatic heterocycles. The van der Waals surface area contributed by atoms with Crippen LogP contribution < -0.4 is 15.8 Å². The van der Waals surface area contributed by atoms with E-state index in [1.54, 1.807) is 6.26 Å². The van der Waals surface area contributed by atoms with E-state index in [0.29, 0.717) is 12.6 Å². The number of hydrogen-bond donors (Lipinski definition) is 3. The highest BCUT2D eigenvalue weighted by Gasteiger charge is 2.21. The van der Waals surface area contributed by atoms with E-state index < -0.39 is 6.03 Å². The molecule has 1 aromatic carbocycles. The van der Waals surface area contributed by atoms with Crippen LogP contribution in [0.3, 0.4) is 0 Å². The number of urea groups is 1. The number of carbonyl (C=O) groups excluding carboxylic acids is 1. The van der Waals surface area contributed by atoms with Gasteiger partial charge in [0, 0.05) is 31.4 Å². The van der Waals surface area contributed by atoms with Gasteiger partial charge in [-0.15, -0.1) is 0 Å². The first-order valence-corrected chi connectivity index (χ1v) is 10.8. The molecule has 2 amide bonds. The molecule has 0 spiro atoms. The fourth-order valence-electron chi connectivity index (χ4n) is 3.68. The Labute approximate surface area is 174 Å². The quantitative estimate of drug-likeness (QED) is 0.387. The van der Waals surface area contributed by atoms with E-state index in [0.717, 1.165) is 61.0 Å². The lowest BCUT2D eigenvalue weighted by Gasteiger charge is -2.32. The van der Waals surface area contributed by atoms with Gasteiger partial charge in [0.05, 0.1) is 23.8 Å². The van der Waals surface area contributed by atoms with Crippen LogP contribution in [0.4, 0.5) is 10.7 Å². The first-order chi connectivity index (χ1) is 14.2. The summed E-state index contributed by atoms with van der Waals surface area (Å²) in [6.07, 6.45) is 3.81. The summed E-state index contributed by atoms with van der Waals surface area (Å²) in [6.45, 7) is 3.63. The number of imidazole rings is 1. The maximum absolute atomic E-state index is 10.7. The number of nitrogens with one attached hydrogen (secondary N) is 2. The Morgan fingerprint density at radius 3 is 2.83 bits per heavy atom. The van der Waals surface area contributed by atoms with Crippen LogP contribution in [0.25, 0.3) is 11.0 Å². The normalized spacial score (nSPS) is 15.6. The van der Waals surface area contributed by atoms with Crippen LogP contribution in [0.5, 0.6) is 0 Å². The smallest absolute Gasteiger partial charge is 0.322 e. The number of rotatable bonds is 8. The number of anilines is 1. The highest BCUT2D eigenvalue weighted by atomic mass is 32.2. The van der Waals surface area contributed by atoms with Crippen molar-refractivity contribution in [2.45, 2.75) is 25.4 Å². The number of para-hydroxylation sites is 2. The van der Waals surface area contributed by atoms with Crippen LogP contribution in [0.1, 0.15) is 18.6 Å². The number of hydrogen-bond acceptors (Lipinski definition) is 6. The van der Waals surface area contributed by atoms with Crippen molar-refractivity contribution in [3.8, 4) is 0 Å². The lowest BCUT2D eigenvalue weighted by Crippen LogP contribution is -2.40. The second-order valence-corrected chi connectivity index (χ2v) is 8.07. The van der Waals surface area contributed by atoms with Gasteiger partial charge in [-0.2, -0.15) is 0 Å². The second kappa shape index (κ2) is 9.23. The van der Waals surface area contributed by atoms with Gasteiger partial charge in [-0.1, -0.05) is 12.1 Å². The van der Waals surface area contributed by atoms with Crippen molar-refractivity contribution in [1.82, 2.24) is 19.2 Å². The molecule has 0 bridgehead atoms. The maximum Gasteiger partial charge on any atom is 0.322 e. The fourth-order valence-corrected chi connectivity index (χ4v) is 4.28. The Bertz CT molecular complexity index is 934. The number of piperidine rings is 1. The highest BCUT2D eigenvalue weighted by molar-refractivity contribution is 7.97. The number of aromatic nitrogens is 2. The van der Waals surface area contributed by atoms with Crippen molar-refractivity contribution in [1.29, 1.82) is 0 Å². The Kier molecular flexibility index (Phi) is 6.26. The summed E-state index contributed by atoms with van der Waals surface area (Å²) in [5.74, 6) is 2.63. The molecule has 154 valence electrons. The number of nitrogens with zero attached hydrogens (tertiary/aromatic N) is 3. The van der Waals surface area contributed by atoms with Gasteiger partial charge >= 0.3 is 6.03 Å². The van der Waals surface area contributed by atoms with Crippen LogP contribution >= 0.6 is 11.9 Å². The summed E-state index contributed by atoms with van der Waals surface area (Å²) >= 11 is 1.36. The molecule has 3 aromatic rings. The molecule has 9 heteroatoms. The number of fused-ring (bicyclic) bond motifs is 1. The van der Waals surface area contributed by atoms with E-state index in [1.165, 1.54) is 11.9 Å². The van der Waals surface area contributed by atoms with E-state index >= 15 is 0 Å². The molecule has 0 aliphatic carbocycles. The SMILES string of the molecule is NC(=O)NSCCN1CCC(Nc2nc3ccccc3n2Cc2ccco2)CC1. The van der Waals surface area contributed by atoms with Crippen molar-refractivity contribution in [3.63, 3.8) is 0 Å². The van der Waals surface area contributed by atoms with E-state index in [-0.39, 0.29) is 0 Å². The van der Waals surface area contributed by atoms with E-state index in [1.807, 2.05) is 30.3 Å². The molecule has 29 heavy (non-hydrogen) atoms. The summed E-state index contributed by atoms with van der Waals surface area (Å²) < 4.78 is 10.3. The average molecular weight is 415 g/mol. The van der Waals surface area contributed by atoms with Crippen LogP contribution in [0.15, 0.2) is 47.1 Å². The molecule has 3 heterocycles. The van der Waals surface area contributed by atoms with E-state index in [4.69, 9.17) is 15.1 Å². The van der Waals surface area contributed by atoms with Gasteiger partial charge in [-0.3, -0.25) is 4.72 Å². The van der Waals surface area contributed by atoms with Gasteiger partial charge in [0.15, 0.2) is 0 Å². The lowest BCUT2D eigenvalue weighted by molar-refractivity contribution is 0.231. The topological polar surface area (TPSA) is 101 Å². The molecule has 1 fully saturated rings. The van der Waals surface area contributed by atoms with E-state index in [9.17, 15) is 4.79 Å². The molecule has 1 aliphatic rings. The Hall–Kier alpha value is -2.65. The summed E-state index contributed by atoms with van der Waals surface area (Å²) in [5, 5.41) is 3.66. The summed E-state index contributed by atoms with van der Waals surface area (Å²) in [6, 6.07) is 12.0. The predicted octanol–water partition coefficient (Wildman–Crippen LogP) is 2.87. The molecular formula is C20H26N6O2S. The summed E-state index contributed by atoms with van der Waals surface area (Å²) in [4.78, 5) is 18.0. The van der Waals surface area contributed by atoms with Gasteiger partial charge in [0.1, 0.15) is 5.76 Å². The molecule has 0 radical (unpaired) electrons. The zero-order valence-electron chi connectivity index (χ0n) is 16.2. The molecule has 1 saturated heterocycles. The van der Waals surface area contributed by atoms with Gasteiger partial charge in [-0.05, 0) is 49.1 Å². The minimum absolute atomic E-state index is 0.384. The third kappa shape index (κ3) is 5.04. The van der Waals surface area contributed by atoms with Gasteiger partial charge in [-0.25, -0.2) is 9.78 Å². The molecule has 0 saturated carbocycles. The van der Waals surface area contributed by atoms with Crippen LogP contribution in [-0.4, -0.2) is 51.9 Å². The molecule has 8 nitrogen and oxygen atoms in total. The van der Waals surface area contributed by atoms with Crippen molar-refractivity contribution in [2.75, 3.05) is 30.7 Å². The minimum atomic E-state index is -0.490. The molecule has 4 rings (SSSR count). The van der Waals surface area contributed by atoms with Crippen molar-refractivity contribution < 1.29 is 9.21 Å². The van der Waals surface area contributed by atoms with Gasteiger partial charge in [0.25, 0.3) is 0 Å². The number of carbonyl (C=O) groups is 1. The molecule has 0 unspecified atom stereocenters. The van der Waals surface area contributed by atoms with E-state index in [2.05, 4.69) is 25.6 Å². The van der Waals surface area contributed by atoms with Crippen LogP contribution in [-0.2, 0) is 6.54 Å². The average Bonchev–Trinajstić information content (AvgIpc) is 3.35. The zero-order valence-corrected chi connectivity index (χ0v) is 17.0. The number of benzene rings is 1. The standard InChI is InChI=1S/C20H26N6O2S/c21-19(27)24-29-13-11-25-9-7-15(8-10-25)22-20-23-17-5-1-2-6-18(17)26(20)14-16-4-3-12-28-16/h1-6,12,15H,7-11,13-14H2,(H,22,23)(H3,21,24,27). The number of furan rings is 1. The summed E-state index contributed by atoms with van der Waals surface area (Å²) in [5.41, 5.74) is 7.16. The highest BCUT2D eigenvalue weighted by Crippen LogP contribution is 2.24. The first kappa shape index (κ1) is 19.7. The largest absolute Gasteiger partial charge is 0.467 e. The number of likely N-dealkylation sites (tertiary alicyclic amines) is 1. The number of amides is 2. The lowest BCUT2D eigenvalue weighted by atomic mass is 10.1. The first-order valence-electron chi connectivity index (χ1n) is 9.83. The Morgan fingerprint density at radius 2 is 2.07 bits per heavy atom. The Morgan fingerprint density at radius 1 is 1.24 bits per heavy atom. The second-order valence-electron chi connectivity index (χ2n) is 7.16. The van der Waals surface area contributed by atoms with Crippen molar-refractivity contribution >= 4 is 35.0 Å². The van der Waals surface area contributed by atoms with Crippen molar-refractivity contribution in [2.24, 2.45) is 5.73 Å². The third-order valence-corrected chi connectivity index (χ3v) is 5.88. The molecule has 4 N–H and O–H groups in total. The number of nitrogens with two attached hydrogens (primary N) is 1. The minimum Gasteiger partial charge on any atom is -0.467 e. The predicted molar refractivity (Wildman–Crippen MR) is 116 cm³/mol. The maximum atomic E-state index is 10.7. The zero-order chi connectivity index (χ0) is 20.1. The fraction of sp³-hybridized carbons (Fsp3) is 0.400.